The van der Waals surface area contributed by atoms with Crippen LogP contribution in [0.15, 0.2) is 18.2 Å². The van der Waals surface area contributed by atoms with Crippen LogP contribution in [-0.4, -0.2) is 5.88 Å². The van der Waals surface area contributed by atoms with Crippen molar-refractivity contribution in [1.82, 2.24) is 0 Å². The second-order valence-electron chi connectivity index (χ2n) is 4.55. The lowest BCUT2D eigenvalue weighted by molar-refractivity contribution is 0.355. The van der Waals surface area contributed by atoms with Gasteiger partial charge in [-0.05, 0) is 48.4 Å². The molecule has 0 saturated heterocycles. The molecule has 2 heteroatoms. The quantitative estimate of drug-likeness (QED) is 0.673. The Hall–Kier alpha value is -0.560. The van der Waals surface area contributed by atoms with E-state index in [1.54, 1.807) is 6.07 Å². The number of hydrogen-bond acceptors (Lipinski definition) is 0. The Morgan fingerprint density at radius 1 is 1.40 bits per heavy atom. The van der Waals surface area contributed by atoms with Gasteiger partial charge in [0, 0.05) is 5.88 Å². The van der Waals surface area contributed by atoms with Gasteiger partial charge >= 0.3 is 0 Å². The van der Waals surface area contributed by atoms with E-state index in [-0.39, 0.29) is 11.2 Å². The zero-order valence-corrected chi connectivity index (χ0v) is 10.4. The van der Waals surface area contributed by atoms with Crippen molar-refractivity contribution in [2.45, 2.75) is 33.6 Å². The molecule has 1 aromatic carbocycles. The van der Waals surface area contributed by atoms with Crippen molar-refractivity contribution >= 4 is 11.6 Å². The second kappa shape index (κ2) is 4.98. The Labute approximate surface area is 96.5 Å². The number of halogens is 2. The Balaban J connectivity index is 2.89. The molecular weight excluding hydrogens is 211 g/mol. The number of aryl methyl sites for hydroxylation is 1. The summed E-state index contributed by atoms with van der Waals surface area (Å²) < 4.78 is 12.9. The summed E-state index contributed by atoms with van der Waals surface area (Å²) in [7, 11) is 0. The van der Waals surface area contributed by atoms with E-state index in [9.17, 15) is 4.39 Å². The molecule has 0 radical (unpaired) electrons. The van der Waals surface area contributed by atoms with E-state index in [0.29, 0.717) is 5.88 Å². The van der Waals surface area contributed by atoms with E-state index >= 15 is 0 Å². The smallest absolute Gasteiger partial charge is 0.123 e. The molecular formula is C13H18ClF. The average molecular weight is 229 g/mol. The highest BCUT2D eigenvalue weighted by Gasteiger charge is 2.22. The zero-order valence-electron chi connectivity index (χ0n) is 9.61. The van der Waals surface area contributed by atoms with Gasteiger partial charge in [0.2, 0.25) is 0 Å². The summed E-state index contributed by atoms with van der Waals surface area (Å²) in [4.78, 5) is 0. The summed E-state index contributed by atoms with van der Waals surface area (Å²) in [6.45, 7) is 6.26. The van der Waals surface area contributed by atoms with E-state index in [2.05, 4.69) is 13.8 Å². The van der Waals surface area contributed by atoms with E-state index in [4.69, 9.17) is 11.6 Å². The fourth-order valence-corrected chi connectivity index (χ4v) is 1.87. The van der Waals surface area contributed by atoms with Crippen molar-refractivity contribution in [3.05, 3.63) is 35.1 Å². The maximum atomic E-state index is 12.9. The van der Waals surface area contributed by atoms with Crippen molar-refractivity contribution in [2.24, 2.45) is 5.41 Å². The summed E-state index contributed by atoms with van der Waals surface area (Å²) in [5.74, 6) is 0.473. The molecule has 0 aromatic heterocycles. The molecule has 1 atom stereocenters. The standard InChI is InChI=1S/C13H18ClF/c1-4-13(3,9-14)8-11-5-6-12(15)7-10(11)2/h5-7H,4,8-9H2,1-3H3. The van der Waals surface area contributed by atoms with Gasteiger partial charge in [0.25, 0.3) is 0 Å². The first-order valence-electron chi connectivity index (χ1n) is 5.32. The number of benzene rings is 1. The molecule has 0 heterocycles. The summed E-state index contributed by atoms with van der Waals surface area (Å²) in [6, 6.07) is 4.97. The van der Waals surface area contributed by atoms with Crippen molar-refractivity contribution < 1.29 is 4.39 Å². The Morgan fingerprint density at radius 2 is 2.07 bits per heavy atom. The third kappa shape index (κ3) is 3.20. The molecule has 0 spiro atoms. The van der Waals surface area contributed by atoms with Gasteiger partial charge in [0.15, 0.2) is 0 Å². The summed E-state index contributed by atoms with van der Waals surface area (Å²) in [5.41, 5.74) is 2.32. The average Bonchev–Trinajstić information content (AvgIpc) is 2.22. The molecule has 1 aromatic rings. The number of rotatable bonds is 4. The topological polar surface area (TPSA) is 0 Å². The minimum atomic E-state index is -0.166. The highest BCUT2D eigenvalue weighted by molar-refractivity contribution is 6.18. The third-order valence-corrected chi connectivity index (χ3v) is 3.74. The van der Waals surface area contributed by atoms with Gasteiger partial charge in [-0.1, -0.05) is 19.9 Å². The Morgan fingerprint density at radius 3 is 2.53 bits per heavy atom. The number of alkyl halides is 1. The largest absolute Gasteiger partial charge is 0.207 e. The van der Waals surface area contributed by atoms with Crippen LogP contribution in [0.1, 0.15) is 31.4 Å². The molecule has 0 aliphatic rings. The van der Waals surface area contributed by atoms with Gasteiger partial charge in [-0.25, -0.2) is 4.39 Å². The predicted octanol–water partition coefficient (Wildman–Crippen LogP) is 4.33. The molecule has 15 heavy (non-hydrogen) atoms. The molecule has 0 aliphatic heterocycles. The van der Waals surface area contributed by atoms with E-state index < -0.39 is 0 Å². The van der Waals surface area contributed by atoms with Crippen LogP contribution in [0.25, 0.3) is 0 Å². The van der Waals surface area contributed by atoms with Crippen LogP contribution in [0.4, 0.5) is 4.39 Å². The highest BCUT2D eigenvalue weighted by atomic mass is 35.5. The van der Waals surface area contributed by atoms with Gasteiger partial charge < -0.3 is 0 Å². The van der Waals surface area contributed by atoms with Crippen LogP contribution >= 0.6 is 11.6 Å². The molecule has 0 nitrogen and oxygen atoms in total. The minimum Gasteiger partial charge on any atom is -0.207 e. The Kier molecular flexibility index (Phi) is 4.15. The van der Waals surface area contributed by atoms with E-state index in [1.807, 2.05) is 13.0 Å². The van der Waals surface area contributed by atoms with Gasteiger partial charge in [-0.2, -0.15) is 0 Å². The van der Waals surface area contributed by atoms with Crippen LogP contribution < -0.4 is 0 Å². The monoisotopic (exact) mass is 228 g/mol. The first-order chi connectivity index (χ1) is 7.00. The zero-order chi connectivity index (χ0) is 11.5. The molecule has 0 fully saturated rings. The van der Waals surface area contributed by atoms with Crippen LogP contribution in [-0.2, 0) is 6.42 Å². The maximum absolute atomic E-state index is 12.9. The summed E-state index contributed by atoms with van der Waals surface area (Å²) in [6.07, 6.45) is 1.95. The normalized spacial score (nSPS) is 15.0. The fraction of sp³-hybridized carbons (Fsp3) is 0.538. The minimum absolute atomic E-state index is 0.115. The number of hydrogen-bond donors (Lipinski definition) is 0. The van der Waals surface area contributed by atoms with E-state index in [0.717, 1.165) is 18.4 Å². The van der Waals surface area contributed by atoms with Gasteiger partial charge in [-0.3, -0.25) is 0 Å². The second-order valence-corrected chi connectivity index (χ2v) is 4.81. The molecule has 0 saturated carbocycles. The maximum Gasteiger partial charge on any atom is 0.123 e. The lowest BCUT2D eigenvalue weighted by atomic mass is 9.82. The lowest BCUT2D eigenvalue weighted by Crippen LogP contribution is -2.21. The predicted molar refractivity (Wildman–Crippen MR) is 64.0 cm³/mol. The molecule has 0 N–H and O–H groups in total. The van der Waals surface area contributed by atoms with Crippen molar-refractivity contribution in [1.29, 1.82) is 0 Å². The first kappa shape index (κ1) is 12.5. The van der Waals surface area contributed by atoms with Gasteiger partial charge in [0.05, 0.1) is 0 Å². The summed E-state index contributed by atoms with van der Waals surface area (Å²) >= 11 is 5.97. The first-order valence-corrected chi connectivity index (χ1v) is 5.85. The molecule has 0 amide bonds. The SMILES string of the molecule is CCC(C)(CCl)Cc1ccc(F)cc1C. The Bertz CT molecular complexity index is 329. The third-order valence-electron chi connectivity index (χ3n) is 3.10. The van der Waals surface area contributed by atoms with Gasteiger partial charge in [-0.15, -0.1) is 11.6 Å². The molecule has 84 valence electrons. The van der Waals surface area contributed by atoms with E-state index in [1.165, 1.54) is 11.6 Å². The molecule has 1 rings (SSSR count). The van der Waals surface area contributed by atoms with Crippen LogP contribution in [0.2, 0.25) is 0 Å². The fourth-order valence-electron chi connectivity index (χ4n) is 1.58. The van der Waals surface area contributed by atoms with Crippen molar-refractivity contribution in [3.8, 4) is 0 Å². The molecule has 0 bridgehead atoms. The van der Waals surface area contributed by atoms with Crippen LogP contribution in [0.5, 0.6) is 0 Å². The van der Waals surface area contributed by atoms with Gasteiger partial charge in [0.1, 0.15) is 5.82 Å². The highest BCUT2D eigenvalue weighted by Crippen LogP contribution is 2.29. The molecule has 1 unspecified atom stereocenters. The van der Waals surface area contributed by atoms with Crippen LogP contribution in [0, 0.1) is 18.2 Å². The van der Waals surface area contributed by atoms with Crippen LogP contribution in [0.3, 0.4) is 0 Å². The summed E-state index contributed by atoms with van der Waals surface area (Å²) in [5, 5.41) is 0. The molecule has 0 aliphatic carbocycles. The van der Waals surface area contributed by atoms with Crippen molar-refractivity contribution in [3.63, 3.8) is 0 Å². The van der Waals surface area contributed by atoms with Crippen molar-refractivity contribution in [2.75, 3.05) is 5.88 Å². The lowest BCUT2D eigenvalue weighted by Gasteiger charge is -2.26.